The van der Waals surface area contributed by atoms with E-state index in [0.29, 0.717) is 10.7 Å². The molecule has 1 heterocycles. The number of benzene rings is 1. The molecule has 5 nitrogen and oxygen atoms in total. The number of carboxylic acid groups (broad SMARTS) is 1. The van der Waals surface area contributed by atoms with Crippen molar-refractivity contribution in [1.82, 2.24) is 9.97 Å². The molecule has 6 heteroatoms. The highest BCUT2D eigenvalue weighted by Gasteiger charge is 2.20. The van der Waals surface area contributed by atoms with Crippen LogP contribution in [0, 0.1) is 0 Å². The average molecular weight is 292 g/mol. The van der Waals surface area contributed by atoms with Crippen molar-refractivity contribution in [1.29, 1.82) is 0 Å². The maximum absolute atomic E-state index is 11.1. The smallest absolute Gasteiger partial charge is 0.323 e. The van der Waals surface area contributed by atoms with Crippen molar-refractivity contribution in [2.75, 3.05) is 11.4 Å². The summed E-state index contributed by atoms with van der Waals surface area (Å²) < 4.78 is 0. The summed E-state index contributed by atoms with van der Waals surface area (Å²) in [5.41, 5.74) is 1.44. The molecular weight excluding hydrogens is 278 g/mol. The fraction of sp³-hybridized carbons (Fsp3) is 0.214. The van der Waals surface area contributed by atoms with Crippen LogP contribution < -0.4 is 4.90 Å². The van der Waals surface area contributed by atoms with E-state index >= 15 is 0 Å². The molecule has 1 N–H and O–H groups in total. The van der Waals surface area contributed by atoms with Gasteiger partial charge in [-0.15, -0.1) is 0 Å². The van der Waals surface area contributed by atoms with Crippen LogP contribution in [-0.4, -0.2) is 27.6 Å². The van der Waals surface area contributed by atoms with Crippen LogP contribution in [0.3, 0.4) is 0 Å². The summed E-state index contributed by atoms with van der Waals surface area (Å²) in [7, 11) is 0. The zero-order chi connectivity index (χ0) is 14.5. The third-order valence-corrected chi connectivity index (χ3v) is 3.16. The van der Waals surface area contributed by atoms with Gasteiger partial charge in [0.05, 0.1) is 17.9 Å². The second-order valence-corrected chi connectivity index (χ2v) is 4.74. The van der Waals surface area contributed by atoms with Gasteiger partial charge in [0, 0.05) is 23.1 Å². The lowest BCUT2D eigenvalue weighted by Crippen LogP contribution is -2.32. The van der Waals surface area contributed by atoms with Crippen LogP contribution in [0.1, 0.15) is 18.7 Å². The Bertz CT molecular complexity index is 592. The third-order valence-electron chi connectivity index (χ3n) is 2.92. The minimum absolute atomic E-state index is 0.141. The fourth-order valence-corrected chi connectivity index (χ4v) is 2.12. The monoisotopic (exact) mass is 291 g/mol. The van der Waals surface area contributed by atoms with E-state index in [1.807, 2.05) is 13.0 Å². The molecule has 0 saturated heterocycles. The first-order chi connectivity index (χ1) is 9.58. The van der Waals surface area contributed by atoms with Gasteiger partial charge in [0.1, 0.15) is 6.54 Å². The second kappa shape index (κ2) is 6.34. The minimum Gasteiger partial charge on any atom is -0.480 e. The summed E-state index contributed by atoms with van der Waals surface area (Å²) in [6, 6.07) is 6.87. The first-order valence-corrected chi connectivity index (χ1v) is 6.45. The molecule has 0 saturated carbocycles. The number of rotatable bonds is 5. The molecule has 0 radical (unpaired) electrons. The molecule has 0 spiro atoms. The van der Waals surface area contributed by atoms with E-state index in [4.69, 9.17) is 16.7 Å². The highest BCUT2D eigenvalue weighted by atomic mass is 35.5. The number of halogens is 1. The number of anilines is 1. The Morgan fingerprint density at radius 2 is 2.25 bits per heavy atom. The molecule has 0 bridgehead atoms. The Balaban J connectivity index is 2.35. The predicted octanol–water partition coefficient (Wildman–Crippen LogP) is 2.78. The van der Waals surface area contributed by atoms with Gasteiger partial charge < -0.3 is 10.0 Å². The van der Waals surface area contributed by atoms with E-state index in [1.165, 1.54) is 0 Å². The van der Waals surface area contributed by atoms with Crippen LogP contribution >= 0.6 is 11.6 Å². The first kappa shape index (κ1) is 14.3. The van der Waals surface area contributed by atoms with Crippen molar-refractivity contribution < 1.29 is 9.90 Å². The van der Waals surface area contributed by atoms with E-state index in [1.54, 1.807) is 41.7 Å². The van der Waals surface area contributed by atoms with Gasteiger partial charge in [-0.25, -0.2) is 0 Å². The quantitative estimate of drug-likeness (QED) is 0.917. The van der Waals surface area contributed by atoms with Crippen LogP contribution in [0.4, 0.5) is 5.69 Å². The molecule has 1 unspecified atom stereocenters. The average Bonchev–Trinajstić information content (AvgIpc) is 2.45. The normalized spacial score (nSPS) is 11.9. The molecule has 1 aromatic carbocycles. The lowest BCUT2D eigenvalue weighted by Gasteiger charge is -2.29. The van der Waals surface area contributed by atoms with Crippen molar-refractivity contribution in [3.8, 4) is 0 Å². The Labute approximate surface area is 121 Å². The summed E-state index contributed by atoms with van der Waals surface area (Å²) in [6.45, 7) is 1.74. The Kier molecular flexibility index (Phi) is 4.53. The van der Waals surface area contributed by atoms with Crippen LogP contribution in [0.5, 0.6) is 0 Å². The number of hydrogen-bond donors (Lipinski definition) is 1. The van der Waals surface area contributed by atoms with Crippen molar-refractivity contribution >= 4 is 23.3 Å². The summed E-state index contributed by atoms with van der Waals surface area (Å²) >= 11 is 5.97. The number of hydrogen-bond acceptors (Lipinski definition) is 4. The molecule has 0 fully saturated rings. The van der Waals surface area contributed by atoms with Crippen LogP contribution in [0.2, 0.25) is 5.02 Å². The van der Waals surface area contributed by atoms with E-state index in [9.17, 15) is 4.79 Å². The van der Waals surface area contributed by atoms with E-state index in [-0.39, 0.29) is 12.6 Å². The zero-order valence-electron chi connectivity index (χ0n) is 10.9. The van der Waals surface area contributed by atoms with Crippen LogP contribution in [-0.2, 0) is 4.79 Å². The number of carbonyl (C=O) groups is 1. The van der Waals surface area contributed by atoms with Gasteiger partial charge >= 0.3 is 5.97 Å². The van der Waals surface area contributed by atoms with E-state index in [0.717, 1.165) is 5.69 Å². The van der Waals surface area contributed by atoms with Gasteiger partial charge in [-0.05, 0) is 25.1 Å². The molecule has 0 amide bonds. The van der Waals surface area contributed by atoms with Crippen molar-refractivity contribution in [2.24, 2.45) is 0 Å². The summed E-state index contributed by atoms with van der Waals surface area (Å²) in [4.78, 5) is 21.1. The lowest BCUT2D eigenvalue weighted by molar-refractivity contribution is -0.135. The topological polar surface area (TPSA) is 66.3 Å². The zero-order valence-corrected chi connectivity index (χ0v) is 11.7. The number of nitrogens with zero attached hydrogens (tertiary/aromatic N) is 3. The number of aromatic nitrogens is 2. The lowest BCUT2D eigenvalue weighted by atomic mass is 10.1. The molecule has 2 rings (SSSR count). The maximum Gasteiger partial charge on any atom is 0.323 e. The summed E-state index contributed by atoms with van der Waals surface area (Å²) in [5.74, 6) is -0.916. The van der Waals surface area contributed by atoms with Crippen molar-refractivity contribution in [3.63, 3.8) is 0 Å². The maximum atomic E-state index is 11.1. The van der Waals surface area contributed by atoms with Gasteiger partial charge in [-0.3, -0.25) is 14.8 Å². The summed E-state index contributed by atoms with van der Waals surface area (Å²) in [5, 5.41) is 9.66. The molecular formula is C14H14ClN3O2. The van der Waals surface area contributed by atoms with Crippen LogP contribution in [0.25, 0.3) is 0 Å². The standard InChI is InChI=1S/C14H14ClN3O2/c1-10(13-8-16-5-6-17-13)18(9-14(19)20)12-4-2-3-11(15)7-12/h2-8,10H,9H2,1H3,(H,19,20). The highest BCUT2D eigenvalue weighted by Crippen LogP contribution is 2.27. The largest absolute Gasteiger partial charge is 0.480 e. The Morgan fingerprint density at radius 3 is 2.85 bits per heavy atom. The number of carboxylic acids is 1. The molecule has 1 aromatic heterocycles. The molecule has 0 aliphatic rings. The van der Waals surface area contributed by atoms with Crippen molar-refractivity contribution in [2.45, 2.75) is 13.0 Å². The van der Waals surface area contributed by atoms with Gasteiger partial charge in [0.25, 0.3) is 0 Å². The Hall–Kier alpha value is -2.14. The fourth-order valence-electron chi connectivity index (χ4n) is 1.94. The Morgan fingerprint density at radius 1 is 1.45 bits per heavy atom. The molecule has 20 heavy (non-hydrogen) atoms. The highest BCUT2D eigenvalue weighted by molar-refractivity contribution is 6.30. The number of aliphatic carboxylic acids is 1. The van der Waals surface area contributed by atoms with Crippen LogP contribution in [0.15, 0.2) is 42.9 Å². The van der Waals surface area contributed by atoms with E-state index < -0.39 is 5.97 Å². The molecule has 0 aliphatic heterocycles. The van der Waals surface area contributed by atoms with Gasteiger partial charge in [0.2, 0.25) is 0 Å². The second-order valence-electron chi connectivity index (χ2n) is 4.31. The molecule has 1 atom stereocenters. The first-order valence-electron chi connectivity index (χ1n) is 6.08. The molecule has 2 aromatic rings. The van der Waals surface area contributed by atoms with Gasteiger partial charge in [-0.2, -0.15) is 0 Å². The van der Waals surface area contributed by atoms with E-state index in [2.05, 4.69) is 9.97 Å². The minimum atomic E-state index is -0.916. The summed E-state index contributed by atoms with van der Waals surface area (Å²) in [6.07, 6.45) is 4.80. The van der Waals surface area contributed by atoms with Crippen molar-refractivity contribution in [3.05, 3.63) is 53.6 Å². The SMILES string of the molecule is CC(c1cnccn1)N(CC(=O)O)c1cccc(Cl)c1. The predicted molar refractivity (Wildman–Crippen MR) is 76.9 cm³/mol. The van der Waals surface area contributed by atoms with Gasteiger partial charge in [0.15, 0.2) is 0 Å². The third kappa shape index (κ3) is 3.45. The molecule has 104 valence electrons. The van der Waals surface area contributed by atoms with Gasteiger partial charge in [-0.1, -0.05) is 17.7 Å². The molecule has 0 aliphatic carbocycles.